The molecular formula is C20H23ClN6O4. The molecule has 1 saturated heterocycles. The normalized spacial score (nSPS) is 23.3. The van der Waals surface area contributed by atoms with Gasteiger partial charge in [-0.15, -0.1) is 0 Å². The molecule has 0 saturated carbocycles. The lowest BCUT2D eigenvalue weighted by Gasteiger charge is -2.16. The number of aliphatic hydroxyl groups excluding tert-OH is 2. The lowest BCUT2D eigenvalue weighted by Crippen LogP contribution is -2.41. The number of hydrogen-bond donors (Lipinski definition) is 4. The molecule has 164 valence electrons. The van der Waals surface area contributed by atoms with E-state index in [1.807, 2.05) is 13.8 Å². The third-order valence-electron chi connectivity index (χ3n) is 5.15. The summed E-state index contributed by atoms with van der Waals surface area (Å²) in [4.78, 5) is 24.7. The minimum atomic E-state index is -1.40. The van der Waals surface area contributed by atoms with E-state index in [1.54, 1.807) is 0 Å². The maximum absolute atomic E-state index is 11.9. The van der Waals surface area contributed by atoms with Gasteiger partial charge >= 0.3 is 0 Å². The van der Waals surface area contributed by atoms with E-state index in [0.29, 0.717) is 23.5 Å². The Balaban J connectivity index is 1.64. The minimum Gasteiger partial charge on any atom is -0.387 e. The zero-order valence-corrected chi connectivity index (χ0v) is 18.0. The van der Waals surface area contributed by atoms with Crippen LogP contribution >= 0.6 is 11.6 Å². The van der Waals surface area contributed by atoms with Gasteiger partial charge < -0.3 is 25.6 Å². The number of likely N-dealkylation sites (N-methyl/N-ethyl adjacent to an activating group) is 1. The number of halogens is 1. The highest BCUT2D eigenvalue weighted by atomic mass is 35.5. The van der Waals surface area contributed by atoms with Crippen LogP contribution in [0.5, 0.6) is 0 Å². The van der Waals surface area contributed by atoms with Gasteiger partial charge in [-0.2, -0.15) is 9.97 Å². The molecule has 0 radical (unpaired) electrons. The maximum Gasteiger partial charge on any atom is 0.251 e. The number of aliphatic hydroxyl groups is 2. The van der Waals surface area contributed by atoms with Gasteiger partial charge in [0.2, 0.25) is 5.28 Å². The molecule has 2 aromatic heterocycles. The van der Waals surface area contributed by atoms with Gasteiger partial charge in [0.05, 0.1) is 6.33 Å². The number of amides is 1. The van der Waals surface area contributed by atoms with E-state index in [2.05, 4.69) is 43.8 Å². The number of nitrogens with zero attached hydrogens (tertiary/aromatic N) is 4. The molecule has 11 heteroatoms. The summed E-state index contributed by atoms with van der Waals surface area (Å²) in [5, 5.41) is 26.3. The zero-order chi connectivity index (χ0) is 22.3. The minimum absolute atomic E-state index is 0.0203. The molecular weight excluding hydrogens is 424 g/mol. The fourth-order valence-electron chi connectivity index (χ4n) is 3.80. The van der Waals surface area contributed by atoms with Crippen LogP contribution in [-0.4, -0.2) is 61.0 Å². The first-order chi connectivity index (χ1) is 14.8. The topological polar surface area (TPSA) is 134 Å². The van der Waals surface area contributed by atoms with Crippen molar-refractivity contribution in [3.63, 3.8) is 0 Å². The summed E-state index contributed by atoms with van der Waals surface area (Å²) in [7, 11) is 1.42. The van der Waals surface area contributed by atoms with Crippen molar-refractivity contribution in [2.45, 2.75) is 44.9 Å². The van der Waals surface area contributed by atoms with E-state index < -0.39 is 30.4 Å². The lowest BCUT2D eigenvalue weighted by atomic mass is 10.1. The first-order valence-corrected chi connectivity index (χ1v) is 10.1. The van der Waals surface area contributed by atoms with E-state index >= 15 is 0 Å². The number of rotatable bonds is 5. The van der Waals surface area contributed by atoms with Crippen LogP contribution in [0.25, 0.3) is 11.2 Å². The van der Waals surface area contributed by atoms with Crippen LogP contribution in [0.1, 0.15) is 22.9 Å². The van der Waals surface area contributed by atoms with E-state index in [4.69, 9.17) is 16.3 Å². The number of anilines is 1. The van der Waals surface area contributed by atoms with Gasteiger partial charge in [0.15, 0.2) is 29.3 Å². The number of imidazole rings is 1. The first-order valence-electron chi connectivity index (χ1n) is 9.72. The maximum atomic E-state index is 11.9. The van der Waals surface area contributed by atoms with Crippen molar-refractivity contribution in [2.24, 2.45) is 0 Å². The molecule has 10 nitrogen and oxygen atoms in total. The number of carbonyl (C=O) groups excluding carboxylic acids is 1. The fraction of sp³-hybridized carbons (Fsp3) is 0.400. The molecule has 0 spiro atoms. The Morgan fingerprint density at radius 3 is 2.58 bits per heavy atom. The number of benzene rings is 1. The van der Waals surface area contributed by atoms with Crippen molar-refractivity contribution >= 4 is 34.5 Å². The molecule has 1 amide bonds. The monoisotopic (exact) mass is 446 g/mol. The van der Waals surface area contributed by atoms with Crippen LogP contribution < -0.4 is 10.6 Å². The molecule has 1 aliphatic heterocycles. The number of nitrogens with one attached hydrogen (secondary N) is 2. The van der Waals surface area contributed by atoms with Crippen LogP contribution in [0.3, 0.4) is 0 Å². The quantitative estimate of drug-likeness (QED) is 0.427. The van der Waals surface area contributed by atoms with Crippen molar-refractivity contribution in [1.82, 2.24) is 24.8 Å². The molecule has 3 heterocycles. The summed E-state index contributed by atoms with van der Waals surface area (Å²) >= 11 is 6.14. The van der Waals surface area contributed by atoms with Gasteiger partial charge in [-0.1, -0.05) is 29.3 Å². The van der Waals surface area contributed by atoms with Crippen LogP contribution in [0, 0.1) is 13.8 Å². The Labute approximate surface area is 183 Å². The second-order valence-electron chi connectivity index (χ2n) is 7.56. The third-order valence-corrected chi connectivity index (χ3v) is 5.32. The molecule has 1 fully saturated rings. The van der Waals surface area contributed by atoms with Crippen molar-refractivity contribution in [3.05, 3.63) is 46.5 Å². The average molecular weight is 447 g/mol. The number of hydrogen-bond acceptors (Lipinski definition) is 8. The highest BCUT2D eigenvalue weighted by Crippen LogP contribution is 2.33. The Hall–Kier alpha value is -2.79. The molecule has 3 aromatic rings. The van der Waals surface area contributed by atoms with E-state index in [0.717, 1.165) is 16.7 Å². The number of fused-ring (bicyclic) bond motifs is 1. The van der Waals surface area contributed by atoms with Crippen LogP contribution in [-0.2, 0) is 16.1 Å². The van der Waals surface area contributed by atoms with E-state index in [1.165, 1.54) is 17.9 Å². The highest BCUT2D eigenvalue weighted by Gasteiger charge is 2.47. The van der Waals surface area contributed by atoms with Crippen molar-refractivity contribution in [1.29, 1.82) is 0 Å². The van der Waals surface area contributed by atoms with Gasteiger partial charge in [-0.25, -0.2) is 4.98 Å². The molecule has 4 N–H and O–H groups in total. The summed E-state index contributed by atoms with van der Waals surface area (Å²) in [5.74, 6) is -0.120. The average Bonchev–Trinajstić information content (AvgIpc) is 3.26. The summed E-state index contributed by atoms with van der Waals surface area (Å²) in [6.07, 6.45) is -3.64. The second-order valence-corrected chi connectivity index (χ2v) is 7.90. The third kappa shape index (κ3) is 4.07. The van der Waals surface area contributed by atoms with Gasteiger partial charge in [-0.3, -0.25) is 9.36 Å². The lowest BCUT2D eigenvalue weighted by molar-refractivity contribution is -0.137. The molecule has 1 aromatic carbocycles. The number of carbonyl (C=O) groups is 1. The second kappa shape index (κ2) is 8.39. The standard InChI is InChI=1S/C20H23ClN6O4/c1-9-4-10(2)6-11(5-9)7-23-16-12-17(26-20(21)25-16)27(8-24-12)19-14(29)13(28)15(31-19)18(30)22-3/h4-6,8,13-15,19,28-29H,7H2,1-3H3,(H,22,30)(H,23,25,26)/t13-,14+,15-,19+/m0/s1. The van der Waals surface area contributed by atoms with Gasteiger partial charge in [0.1, 0.15) is 12.2 Å². The van der Waals surface area contributed by atoms with Gasteiger partial charge in [0.25, 0.3) is 5.91 Å². The smallest absolute Gasteiger partial charge is 0.251 e. The number of ether oxygens (including phenoxy) is 1. The van der Waals surface area contributed by atoms with Crippen LogP contribution in [0.4, 0.5) is 5.82 Å². The largest absolute Gasteiger partial charge is 0.387 e. The summed E-state index contributed by atoms with van der Waals surface area (Å²) in [5.41, 5.74) is 4.11. The molecule has 4 rings (SSSR count). The Kier molecular flexibility index (Phi) is 5.80. The molecule has 31 heavy (non-hydrogen) atoms. The molecule has 0 bridgehead atoms. The number of aromatic nitrogens is 4. The van der Waals surface area contributed by atoms with Gasteiger partial charge in [0, 0.05) is 13.6 Å². The summed E-state index contributed by atoms with van der Waals surface area (Å²) in [6.45, 7) is 4.56. The summed E-state index contributed by atoms with van der Waals surface area (Å²) < 4.78 is 7.05. The first kappa shape index (κ1) is 21.4. The molecule has 0 unspecified atom stereocenters. The van der Waals surface area contributed by atoms with Crippen LogP contribution in [0.2, 0.25) is 5.28 Å². The fourth-order valence-corrected chi connectivity index (χ4v) is 3.97. The molecule has 4 atom stereocenters. The SMILES string of the molecule is CNC(=O)[C@H]1O[C@@H](n2cnc3c(NCc4cc(C)cc(C)c4)nc(Cl)nc32)[C@H](O)[C@@H]1O. The van der Waals surface area contributed by atoms with E-state index in [9.17, 15) is 15.0 Å². The molecule has 0 aliphatic carbocycles. The van der Waals surface area contributed by atoms with Crippen molar-refractivity contribution in [2.75, 3.05) is 12.4 Å². The summed E-state index contributed by atoms with van der Waals surface area (Å²) in [6, 6.07) is 6.24. The van der Waals surface area contributed by atoms with Crippen molar-refractivity contribution < 1.29 is 19.7 Å². The Morgan fingerprint density at radius 2 is 1.90 bits per heavy atom. The van der Waals surface area contributed by atoms with Crippen LogP contribution in [0.15, 0.2) is 24.5 Å². The molecule has 1 aliphatic rings. The van der Waals surface area contributed by atoms with Crippen molar-refractivity contribution in [3.8, 4) is 0 Å². The Bertz CT molecular complexity index is 1120. The number of aryl methyl sites for hydroxylation is 2. The highest BCUT2D eigenvalue weighted by molar-refractivity contribution is 6.28. The predicted molar refractivity (Wildman–Crippen MR) is 114 cm³/mol. The van der Waals surface area contributed by atoms with Gasteiger partial charge in [-0.05, 0) is 31.0 Å². The van der Waals surface area contributed by atoms with E-state index in [-0.39, 0.29) is 5.28 Å². The Morgan fingerprint density at radius 1 is 1.19 bits per heavy atom. The predicted octanol–water partition coefficient (Wildman–Crippen LogP) is 1.07. The zero-order valence-electron chi connectivity index (χ0n) is 17.2.